The SMILES string of the molecule is O=C(/C=C/c1ccccc1F)c1ccc(I)cc1. The van der Waals surface area contributed by atoms with E-state index >= 15 is 0 Å². The molecular formula is C15H10FIO. The van der Waals surface area contributed by atoms with Gasteiger partial charge in [-0.15, -0.1) is 0 Å². The molecule has 0 atom stereocenters. The molecule has 0 aromatic heterocycles. The average Bonchev–Trinajstić information content (AvgIpc) is 2.38. The van der Waals surface area contributed by atoms with Crippen LogP contribution in [0.15, 0.2) is 54.6 Å². The molecule has 0 radical (unpaired) electrons. The van der Waals surface area contributed by atoms with Crippen molar-refractivity contribution in [1.82, 2.24) is 0 Å². The number of carbonyl (C=O) groups is 1. The minimum atomic E-state index is -0.329. The Morgan fingerprint density at radius 1 is 1.06 bits per heavy atom. The summed E-state index contributed by atoms with van der Waals surface area (Å²) in [6.07, 6.45) is 2.89. The van der Waals surface area contributed by atoms with E-state index in [0.717, 1.165) is 3.57 Å². The van der Waals surface area contributed by atoms with E-state index in [9.17, 15) is 9.18 Å². The minimum Gasteiger partial charge on any atom is -0.289 e. The van der Waals surface area contributed by atoms with Crippen LogP contribution in [0, 0.1) is 9.39 Å². The van der Waals surface area contributed by atoms with Gasteiger partial charge in [0.25, 0.3) is 0 Å². The number of rotatable bonds is 3. The first-order valence-corrected chi connectivity index (χ1v) is 6.47. The molecule has 0 aliphatic carbocycles. The van der Waals surface area contributed by atoms with E-state index < -0.39 is 0 Å². The first kappa shape index (κ1) is 13.0. The van der Waals surface area contributed by atoms with Crippen LogP contribution in [0.4, 0.5) is 4.39 Å². The van der Waals surface area contributed by atoms with Crippen LogP contribution < -0.4 is 0 Å². The number of ketones is 1. The molecule has 0 amide bonds. The topological polar surface area (TPSA) is 17.1 Å². The molecule has 0 unspecified atom stereocenters. The van der Waals surface area contributed by atoms with Gasteiger partial charge in [0, 0.05) is 14.7 Å². The smallest absolute Gasteiger partial charge is 0.185 e. The highest BCUT2D eigenvalue weighted by Gasteiger charge is 2.02. The largest absolute Gasteiger partial charge is 0.289 e. The fourth-order valence-electron chi connectivity index (χ4n) is 1.49. The Hall–Kier alpha value is -1.49. The Kier molecular flexibility index (Phi) is 4.25. The summed E-state index contributed by atoms with van der Waals surface area (Å²) in [5.74, 6) is -0.459. The van der Waals surface area contributed by atoms with Crippen molar-refractivity contribution in [3.63, 3.8) is 0 Å². The highest BCUT2D eigenvalue weighted by molar-refractivity contribution is 14.1. The summed E-state index contributed by atoms with van der Waals surface area (Å²) in [4.78, 5) is 11.8. The fourth-order valence-corrected chi connectivity index (χ4v) is 1.85. The van der Waals surface area contributed by atoms with E-state index in [1.807, 2.05) is 12.1 Å². The van der Waals surface area contributed by atoms with Crippen LogP contribution in [0.3, 0.4) is 0 Å². The Morgan fingerprint density at radius 2 is 1.72 bits per heavy atom. The number of hydrogen-bond acceptors (Lipinski definition) is 1. The second-order valence-electron chi connectivity index (χ2n) is 3.73. The lowest BCUT2D eigenvalue weighted by Gasteiger charge is -1.97. The molecule has 2 aromatic carbocycles. The minimum absolute atomic E-state index is 0.130. The van der Waals surface area contributed by atoms with E-state index in [0.29, 0.717) is 11.1 Å². The van der Waals surface area contributed by atoms with Crippen molar-refractivity contribution in [2.24, 2.45) is 0 Å². The summed E-state index contributed by atoms with van der Waals surface area (Å²) in [6, 6.07) is 13.6. The molecule has 0 bridgehead atoms. The van der Waals surface area contributed by atoms with E-state index in [2.05, 4.69) is 22.6 Å². The van der Waals surface area contributed by atoms with Crippen molar-refractivity contribution in [2.45, 2.75) is 0 Å². The normalized spacial score (nSPS) is 10.8. The van der Waals surface area contributed by atoms with E-state index in [1.54, 1.807) is 30.3 Å². The van der Waals surface area contributed by atoms with Crippen LogP contribution >= 0.6 is 22.6 Å². The molecule has 0 N–H and O–H groups in total. The predicted molar refractivity (Wildman–Crippen MR) is 78.9 cm³/mol. The lowest BCUT2D eigenvalue weighted by molar-refractivity contribution is 0.104. The van der Waals surface area contributed by atoms with Crippen LogP contribution in [-0.2, 0) is 0 Å². The Balaban J connectivity index is 2.17. The maximum absolute atomic E-state index is 13.3. The van der Waals surface area contributed by atoms with Crippen LogP contribution in [0.2, 0.25) is 0 Å². The van der Waals surface area contributed by atoms with Gasteiger partial charge in [0.05, 0.1) is 0 Å². The number of benzene rings is 2. The van der Waals surface area contributed by atoms with Crippen molar-refractivity contribution in [2.75, 3.05) is 0 Å². The molecule has 18 heavy (non-hydrogen) atoms. The van der Waals surface area contributed by atoms with Crippen molar-refractivity contribution >= 4 is 34.5 Å². The standard InChI is InChI=1S/C15H10FIO/c16-14-4-2-1-3-11(14)7-10-15(18)12-5-8-13(17)9-6-12/h1-10H/b10-7+. The van der Waals surface area contributed by atoms with Gasteiger partial charge < -0.3 is 0 Å². The van der Waals surface area contributed by atoms with Gasteiger partial charge in [-0.3, -0.25) is 4.79 Å². The number of allylic oxidation sites excluding steroid dienone is 1. The quantitative estimate of drug-likeness (QED) is 0.457. The van der Waals surface area contributed by atoms with Crippen LogP contribution in [0.1, 0.15) is 15.9 Å². The lowest BCUT2D eigenvalue weighted by Crippen LogP contribution is -1.93. The molecule has 0 fully saturated rings. The zero-order valence-electron chi connectivity index (χ0n) is 9.44. The van der Waals surface area contributed by atoms with Gasteiger partial charge in [-0.05, 0) is 52.9 Å². The van der Waals surface area contributed by atoms with Crippen LogP contribution in [-0.4, -0.2) is 5.78 Å². The van der Waals surface area contributed by atoms with Crippen LogP contribution in [0.25, 0.3) is 6.08 Å². The molecule has 0 spiro atoms. The number of carbonyl (C=O) groups excluding carboxylic acids is 1. The van der Waals surface area contributed by atoms with Gasteiger partial charge in [-0.2, -0.15) is 0 Å². The molecule has 0 saturated carbocycles. The van der Waals surface area contributed by atoms with Gasteiger partial charge >= 0.3 is 0 Å². The fraction of sp³-hybridized carbons (Fsp3) is 0. The van der Waals surface area contributed by atoms with Gasteiger partial charge in [-0.1, -0.05) is 30.3 Å². The number of halogens is 2. The van der Waals surface area contributed by atoms with Crippen molar-refractivity contribution < 1.29 is 9.18 Å². The van der Waals surface area contributed by atoms with E-state index in [-0.39, 0.29) is 11.6 Å². The highest BCUT2D eigenvalue weighted by atomic mass is 127. The average molecular weight is 352 g/mol. The third-order valence-corrected chi connectivity index (χ3v) is 3.17. The van der Waals surface area contributed by atoms with Gasteiger partial charge in [0.2, 0.25) is 0 Å². The maximum Gasteiger partial charge on any atom is 0.185 e. The van der Waals surface area contributed by atoms with Gasteiger partial charge in [0.15, 0.2) is 5.78 Å². The summed E-state index contributed by atoms with van der Waals surface area (Å²) in [7, 11) is 0. The summed E-state index contributed by atoms with van der Waals surface area (Å²) >= 11 is 2.18. The first-order chi connectivity index (χ1) is 8.66. The zero-order valence-corrected chi connectivity index (χ0v) is 11.6. The maximum atomic E-state index is 13.3. The Morgan fingerprint density at radius 3 is 2.39 bits per heavy atom. The summed E-state index contributed by atoms with van der Waals surface area (Å²) in [6.45, 7) is 0. The molecule has 3 heteroatoms. The lowest BCUT2D eigenvalue weighted by atomic mass is 10.1. The van der Waals surface area contributed by atoms with Crippen molar-refractivity contribution in [3.8, 4) is 0 Å². The van der Waals surface area contributed by atoms with E-state index in [1.165, 1.54) is 18.2 Å². The zero-order chi connectivity index (χ0) is 13.0. The predicted octanol–water partition coefficient (Wildman–Crippen LogP) is 4.33. The van der Waals surface area contributed by atoms with Crippen molar-refractivity contribution in [1.29, 1.82) is 0 Å². The molecule has 0 aliphatic heterocycles. The molecule has 2 rings (SSSR count). The second-order valence-corrected chi connectivity index (χ2v) is 4.97. The summed E-state index contributed by atoms with van der Waals surface area (Å²) in [5, 5.41) is 0. The Bertz CT molecular complexity index is 588. The third kappa shape index (κ3) is 3.26. The van der Waals surface area contributed by atoms with Gasteiger partial charge in [0.1, 0.15) is 5.82 Å². The first-order valence-electron chi connectivity index (χ1n) is 5.39. The number of hydrogen-bond donors (Lipinski definition) is 0. The van der Waals surface area contributed by atoms with Crippen molar-refractivity contribution in [3.05, 3.63) is 75.1 Å². The molecular weight excluding hydrogens is 342 g/mol. The highest BCUT2D eigenvalue weighted by Crippen LogP contribution is 2.11. The molecule has 0 aliphatic rings. The summed E-state index contributed by atoms with van der Waals surface area (Å²) < 4.78 is 14.4. The van der Waals surface area contributed by atoms with Crippen LogP contribution in [0.5, 0.6) is 0 Å². The molecule has 2 aromatic rings. The summed E-state index contributed by atoms with van der Waals surface area (Å²) in [5.41, 5.74) is 1.01. The molecule has 0 saturated heterocycles. The third-order valence-electron chi connectivity index (χ3n) is 2.45. The van der Waals surface area contributed by atoms with E-state index in [4.69, 9.17) is 0 Å². The molecule has 1 nitrogen and oxygen atoms in total. The molecule has 90 valence electrons. The second kappa shape index (κ2) is 5.91. The molecule has 0 heterocycles. The van der Waals surface area contributed by atoms with Gasteiger partial charge in [-0.25, -0.2) is 4.39 Å². The monoisotopic (exact) mass is 352 g/mol. The Labute approximate surface area is 118 Å².